The maximum absolute atomic E-state index is 13.4. The highest BCUT2D eigenvalue weighted by Crippen LogP contribution is 2.37. The number of sulfonamides is 1. The van der Waals surface area contributed by atoms with Gasteiger partial charge in [-0.2, -0.15) is 13.2 Å². The summed E-state index contributed by atoms with van der Waals surface area (Å²) in [4.78, 5) is 12.7. The third kappa shape index (κ3) is 5.98. The summed E-state index contributed by atoms with van der Waals surface area (Å²) < 4.78 is 77.8. The van der Waals surface area contributed by atoms with Gasteiger partial charge in [0.05, 0.1) is 41.1 Å². The van der Waals surface area contributed by atoms with Gasteiger partial charge in [-0.3, -0.25) is 9.10 Å². The number of amides is 1. The van der Waals surface area contributed by atoms with E-state index in [0.29, 0.717) is 16.1 Å². The van der Waals surface area contributed by atoms with Crippen LogP contribution in [0.5, 0.6) is 11.5 Å². The number of halogens is 4. The summed E-state index contributed by atoms with van der Waals surface area (Å²) >= 11 is 6.12. The number of carbonyl (C=O) groups excluding carboxylic acids is 1. The Labute approximate surface area is 205 Å². The van der Waals surface area contributed by atoms with Crippen molar-refractivity contribution in [3.63, 3.8) is 0 Å². The largest absolute Gasteiger partial charge is 0.497 e. The molecule has 3 aromatic carbocycles. The van der Waals surface area contributed by atoms with E-state index < -0.39 is 39.9 Å². The molecule has 0 aliphatic carbocycles. The second-order valence-corrected chi connectivity index (χ2v) is 9.37. The lowest BCUT2D eigenvalue weighted by molar-refractivity contribution is -0.137. The van der Waals surface area contributed by atoms with E-state index in [2.05, 4.69) is 5.32 Å². The number of nitrogens with one attached hydrogen (secondary N) is 1. The van der Waals surface area contributed by atoms with Crippen molar-refractivity contribution in [2.75, 3.05) is 30.4 Å². The number of benzene rings is 3. The Morgan fingerprint density at radius 2 is 1.69 bits per heavy atom. The molecule has 1 amide bonds. The molecule has 3 rings (SSSR count). The first-order chi connectivity index (χ1) is 16.5. The summed E-state index contributed by atoms with van der Waals surface area (Å²) in [5.41, 5.74) is -1.46. The molecule has 7 nitrogen and oxygen atoms in total. The van der Waals surface area contributed by atoms with Crippen LogP contribution in [0.3, 0.4) is 0 Å². The highest BCUT2D eigenvalue weighted by Gasteiger charge is 2.34. The average Bonchev–Trinajstić information content (AvgIpc) is 2.82. The molecule has 3 aromatic rings. The number of carbonyl (C=O) groups is 1. The van der Waals surface area contributed by atoms with Crippen LogP contribution in [0.25, 0.3) is 0 Å². The second kappa shape index (κ2) is 10.4. The number of alkyl halides is 3. The predicted octanol–water partition coefficient (Wildman–Crippen LogP) is 5.21. The van der Waals surface area contributed by atoms with Crippen LogP contribution >= 0.6 is 11.6 Å². The van der Waals surface area contributed by atoms with Crippen LogP contribution in [-0.4, -0.2) is 35.1 Å². The molecule has 0 bridgehead atoms. The molecule has 1 N–H and O–H groups in total. The van der Waals surface area contributed by atoms with Crippen molar-refractivity contribution in [2.45, 2.75) is 11.1 Å². The third-order valence-electron chi connectivity index (χ3n) is 4.84. The first kappa shape index (κ1) is 26.2. The number of hydrogen-bond acceptors (Lipinski definition) is 5. The molecule has 35 heavy (non-hydrogen) atoms. The minimum absolute atomic E-state index is 0.170. The number of hydrogen-bond donors (Lipinski definition) is 1. The zero-order valence-electron chi connectivity index (χ0n) is 18.5. The Bertz CT molecular complexity index is 1320. The fraction of sp³-hybridized carbons (Fsp3) is 0.174. The highest BCUT2D eigenvalue weighted by molar-refractivity contribution is 7.92. The van der Waals surface area contributed by atoms with E-state index in [-0.39, 0.29) is 21.4 Å². The second-order valence-electron chi connectivity index (χ2n) is 7.10. The molecular formula is C23H20ClF3N2O5S. The van der Waals surface area contributed by atoms with Gasteiger partial charge in [-0.25, -0.2) is 8.42 Å². The summed E-state index contributed by atoms with van der Waals surface area (Å²) in [5, 5.41) is 2.22. The van der Waals surface area contributed by atoms with Gasteiger partial charge in [0.1, 0.15) is 18.0 Å². The van der Waals surface area contributed by atoms with Crippen molar-refractivity contribution < 1.29 is 35.9 Å². The lowest BCUT2D eigenvalue weighted by atomic mass is 10.2. The standard InChI is InChI=1S/C23H20ClF3N2O5S/c1-33-16-9-11-21(34-2)19(13-16)28-22(30)14-29(35(31,32)17-6-4-3-5-7-17)20-12-15(23(25,26)27)8-10-18(20)24/h3-13H,14H2,1-2H3,(H,28,30). The molecule has 12 heteroatoms. The molecule has 186 valence electrons. The quantitative estimate of drug-likeness (QED) is 0.434. The molecule has 0 heterocycles. The summed E-state index contributed by atoms with van der Waals surface area (Å²) in [6.45, 7) is -0.876. The van der Waals surface area contributed by atoms with Crippen molar-refractivity contribution in [2.24, 2.45) is 0 Å². The molecule has 0 aromatic heterocycles. The lowest BCUT2D eigenvalue weighted by Gasteiger charge is -2.26. The average molecular weight is 529 g/mol. The molecule has 0 atom stereocenters. The van der Waals surface area contributed by atoms with E-state index in [9.17, 15) is 26.4 Å². The van der Waals surface area contributed by atoms with Crippen LogP contribution in [0.2, 0.25) is 5.02 Å². The van der Waals surface area contributed by atoms with Crippen molar-refractivity contribution >= 4 is 38.9 Å². The predicted molar refractivity (Wildman–Crippen MR) is 126 cm³/mol. The van der Waals surface area contributed by atoms with Gasteiger partial charge in [0.15, 0.2) is 0 Å². The van der Waals surface area contributed by atoms with Crippen LogP contribution in [0.1, 0.15) is 5.56 Å². The van der Waals surface area contributed by atoms with Gasteiger partial charge in [0.25, 0.3) is 10.0 Å². The molecule has 0 aliphatic rings. The van der Waals surface area contributed by atoms with Gasteiger partial charge in [0.2, 0.25) is 5.91 Å². The maximum atomic E-state index is 13.4. The van der Waals surface area contributed by atoms with Gasteiger partial charge in [0, 0.05) is 6.07 Å². The molecule has 0 aliphatic heterocycles. The van der Waals surface area contributed by atoms with Gasteiger partial charge in [-0.1, -0.05) is 29.8 Å². The Balaban J connectivity index is 2.07. The van der Waals surface area contributed by atoms with Crippen molar-refractivity contribution in [1.29, 1.82) is 0 Å². The normalized spacial score (nSPS) is 11.6. The fourth-order valence-electron chi connectivity index (χ4n) is 3.13. The van der Waals surface area contributed by atoms with Gasteiger partial charge >= 0.3 is 6.18 Å². The van der Waals surface area contributed by atoms with E-state index in [1.807, 2.05) is 0 Å². The maximum Gasteiger partial charge on any atom is 0.416 e. The zero-order valence-corrected chi connectivity index (χ0v) is 20.0. The Hall–Kier alpha value is -3.44. The molecule has 0 spiro atoms. The molecule has 0 saturated heterocycles. The van der Waals surface area contributed by atoms with Crippen molar-refractivity contribution in [3.05, 3.63) is 77.3 Å². The SMILES string of the molecule is COc1ccc(OC)c(NC(=O)CN(c2cc(C(F)(F)F)ccc2Cl)S(=O)(=O)c2ccccc2)c1. The monoisotopic (exact) mass is 528 g/mol. The van der Waals surface area contributed by atoms with Crippen molar-refractivity contribution in [1.82, 2.24) is 0 Å². The lowest BCUT2D eigenvalue weighted by Crippen LogP contribution is -2.38. The molecular weight excluding hydrogens is 509 g/mol. The highest BCUT2D eigenvalue weighted by atomic mass is 35.5. The minimum atomic E-state index is -4.77. The van der Waals surface area contributed by atoms with Crippen LogP contribution in [0, 0.1) is 0 Å². The Morgan fingerprint density at radius 1 is 1.00 bits per heavy atom. The summed E-state index contributed by atoms with van der Waals surface area (Å²) in [7, 11) is -1.71. The first-order valence-corrected chi connectivity index (χ1v) is 11.8. The van der Waals surface area contributed by atoms with E-state index in [4.69, 9.17) is 21.1 Å². The van der Waals surface area contributed by atoms with Crippen LogP contribution < -0.4 is 19.1 Å². The minimum Gasteiger partial charge on any atom is -0.497 e. The zero-order chi connectivity index (χ0) is 25.8. The molecule has 0 unspecified atom stereocenters. The van der Waals surface area contributed by atoms with Gasteiger partial charge in [-0.15, -0.1) is 0 Å². The topological polar surface area (TPSA) is 84.9 Å². The van der Waals surface area contributed by atoms with E-state index in [0.717, 1.165) is 12.1 Å². The number of ether oxygens (including phenoxy) is 2. The molecule has 0 fully saturated rings. The van der Waals surface area contributed by atoms with E-state index >= 15 is 0 Å². The van der Waals surface area contributed by atoms with Crippen LogP contribution in [-0.2, 0) is 21.0 Å². The summed E-state index contributed by atoms with van der Waals surface area (Å²) in [5.74, 6) is -0.214. The number of anilines is 2. The Morgan fingerprint density at radius 3 is 2.29 bits per heavy atom. The van der Waals surface area contributed by atoms with E-state index in [1.165, 1.54) is 50.6 Å². The Kier molecular flexibility index (Phi) is 7.81. The number of methoxy groups -OCH3 is 2. The first-order valence-electron chi connectivity index (χ1n) is 9.93. The summed E-state index contributed by atoms with van der Waals surface area (Å²) in [6, 6.07) is 13.8. The third-order valence-corrected chi connectivity index (χ3v) is 6.93. The fourth-order valence-corrected chi connectivity index (χ4v) is 4.85. The smallest absolute Gasteiger partial charge is 0.416 e. The summed E-state index contributed by atoms with van der Waals surface area (Å²) in [6.07, 6.45) is -4.77. The van der Waals surface area contributed by atoms with E-state index in [1.54, 1.807) is 12.1 Å². The number of rotatable bonds is 8. The molecule has 0 saturated carbocycles. The van der Waals surface area contributed by atoms with Crippen molar-refractivity contribution in [3.8, 4) is 11.5 Å². The van der Waals surface area contributed by atoms with Crippen LogP contribution in [0.15, 0.2) is 71.6 Å². The van der Waals surface area contributed by atoms with Gasteiger partial charge in [-0.05, 0) is 42.5 Å². The number of nitrogens with zero attached hydrogens (tertiary/aromatic N) is 1. The van der Waals surface area contributed by atoms with Crippen LogP contribution in [0.4, 0.5) is 24.5 Å². The molecule has 0 radical (unpaired) electrons. The van der Waals surface area contributed by atoms with Gasteiger partial charge < -0.3 is 14.8 Å².